The molecule has 0 unspecified atom stereocenters. The van der Waals surface area contributed by atoms with E-state index in [1.54, 1.807) is 30.1 Å². The molecule has 1 N–H and O–H groups in total. The van der Waals surface area contributed by atoms with Gasteiger partial charge in [0.25, 0.3) is 5.91 Å². The summed E-state index contributed by atoms with van der Waals surface area (Å²) in [7, 11) is 3.55. The lowest BCUT2D eigenvalue weighted by molar-refractivity contribution is 0.0926. The van der Waals surface area contributed by atoms with Gasteiger partial charge in [-0.1, -0.05) is 12.1 Å². The predicted octanol–water partition coefficient (Wildman–Crippen LogP) is 3.33. The molecule has 158 valence electrons. The summed E-state index contributed by atoms with van der Waals surface area (Å²) in [4.78, 5) is 17.5. The van der Waals surface area contributed by atoms with Crippen molar-refractivity contribution in [1.82, 2.24) is 29.7 Å². The largest absolute Gasteiger partial charge is 0.497 e. The van der Waals surface area contributed by atoms with Gasteiger partial charge in [0.05, 0.1) is 25.0 Å². The van der Waals surface area contributed by atoms with Crippen LogP contribution in [0.15, 0.2) is 48.8 Å². The lowest BCUT2D eigenvalue weighted by Gasteiger charge is -2.18. The number of amides is 1. The molecule has 1 saturated carbocycles. The maximum Gasteiger partial charge on any atom is 0.272 e. The molecule has 0 radical (unpaired) electrons. The second-order valence-electron chi connectivity index (χ2n) is 7.96. The number of rotatable bonds is 6. The lowest BCUT2D eigenvalue weighted by atomic mass is 10.0. The highest BCUT2D eigenvalue weighted by Gasteiger charge is 2.34. The number of aromatic nitrogens is 5. The van der Waals surface area contributed by atoms with Crippen molar-refractivity contribution in [3.05, 3.63) is 65.7 Å². The van der Waals surface area contributed by atoms with Crippen LogP contribution in [0.4, 0.5) is 0 Å². The van der Waals surface area contributed by atoms with Crippen molar-refractivity contribution in [3.63, 3.8) is 0 Å². The van der Waals surface area contributed by atoms with Gasteiger partial charge in [-0.25, -0.2) is 9.50 Å². The third kappa shape index (κ3) is 3.54. The van der Waals surface area contributed by atoms with Crippen molar-refractivity contribution < 1.29 is 9.53 Å². The first kappa shape index (κ1) is 19.3. The number of hydrogen-bond acceptors (Lipinski definition) is 5. The van der Waals surface area contributed by atoms with E-state index in [0.29, 0.717) is 17.3 Å². The van der Waals surface area contributed by atoms with Gasteiger partial charge in [0.1, 0.15) is 5.75 Å². The quantitative estimate of drug-likeness (QED) is 0.521. The van der Waals surface area contributed by atoms with Gasteiger partial charge in [-0.15, -0.1) is 0 Å². The molecule has 3 aromatic heterocycles. The Morgan fingerprint density at radius 3 is 2.65 bits per heavy atom. The molecule has 0 aliphatic heterocycles. The van der Waals surface area contributed by atoms with Crippen LogP contribution >= 0.6 is 0 Å². The predicted molar refractivity (Wildman–Crippen MR) is 116 cm³/mol. The average molecular weight is 416 g/mol. The Kier molecular flexibility index (Phi) is 4.69. The van der Waals surface area contributed by atoms with Gasteiger partial charge < -0.3 is 10.1 Å². The van der Waals surface area contributed by atoms with Gasteiger partial charge in [-0.05, 0) is 49.4 Å². The van der Waals surface area contributed by atoms with Gasteiger partial charge in [0, 0.05) is 30.6 Å². The fraction of sp³-hybridized carbons (Fsp3) is 0.304. The summed E-state index contributed by atoms with van der Waals surface area (Å²) >= 11 is 0. The minimum absolute atomic E-state index is 0.0452. The van der Waals surface area contributed by atoms with Gasteiger partial charge >= 0.3 is 0 Å². The fourth-order valence-corrected chi connectivity index (χ4v) is 3.89. The molecule has 8 heteroatoms. The van der Waals surface area contributed by atoms with Crippen LogP contribution in [0, 0.1) is 12.8 Å². The molecule has 1 aliphatic rings. The van der Waals surface area contributed by atoms with Gasteiger partial charge in [0.2, 0.25) is 0 Å². The van der Waals surface area contributed by atoms with Crippen molar-refractivity contribution >= 4 is 11.6 Å². The van der Waals surface area contributed by atoms with E-state index in [9.17, 15) is 4.79 Å². The number of carbonyl (C=O) groups excluding carboxylic acids is 1. The molecular formula is C23H24N6O2. The van der Waals surface area contributed by atoms with Crippen LogP contribution in [0.2, 0.25) is 0 Å². The van der Waals surface area contributed by atoms with Crippen LogP contribution in [-0.2, 0) is 7.05 Å². The standard InChI is InChI=1S/C23H24N6O2/c1-14-18(13-25-28(14)2)20-10-11-24-21-12-19(27-29(20)21)23(30)26-22(15-4-5-15)16-6-8-17(31-3)9-7-16/h6-13,15,22H,4-5H2,1-3H3,(H,26,30)/t22-/m1/s1. The maximum absolute atomic E-state index is 13.1. The van der Waals surface area contributed by atoms with Crippen molar-refractivity contribution in [3.8, 4) is 17.0 Å². The Hall–Kier alpha value is -3.68. The Morgan fingerprint density at radius 2 is 2.00 bits per heavy atom. The number of carbonyl (C=O) groups is 1. The first-order chi connectivity index (χ1) is 15.0. The van der Waals surface area contributed by atoms with Crippen LogP contribution in [0.3, 0.4) is 0 Å². The second kappa shape index (κ2) is 7.54. The summed E-state index contributed by atoms with van der Waals surface area (Å²) in [5, 5.41) is 12.1. The smallest absolute Gasteiger partial charge is 0.272 e. The summed E-state index contributed by atoms with van der Waals surface area (Å²) in [6, 6.07) is 11.4. The van der Waals surface area contributed by atoms with E-state index >= 15 is 0 Å². The third-order valence-corrected chi connectivity index (χ3v) is 5.96. The molecule has 1 atom stereocenters. The molecule has 1 amide bonds. The van der Waals surface area contributed by atoms with Crippen molar-refractivity contribution in [2.45, 2.75) is 25.8 Å². The van der Waals surface area contributed by atoms with Gasteiger partial charge in [0.15, 0.2) is 11.3 Å². The number of hydrogen-bond donors (Lipinski definition) is 1. The molecule has 31 heavy (non-hydrogen) atoms. The third-order valence-electron chi connectivity index (χ3n) is 5.96. The highest BCUT2D eigenvalue weighted by Crippen LogP contribution is 2.41. The van der Waals surface area contributed by atoms with Crippen molar-refractivity contribution in [1.29, 1.82) is 0 Å². The highest BCUT2D eigenvalue weighted by atomic mass is 16.5. The first-order valence-electron chi connectivity index (χ1n) is 10.3. The SMILES string of the molecule is COc1ccc([C@H](NC(=O)c2cc3nccc(-c4cnn(C)c4C)n3n2)C2CC2)cc1. The molecule has 0 bridgehead atoms. The Morgan fingerprint density at radius 1 is 1.23 bits per heavy atom. The molecule has 0 saturated heterocycles. The Bertz CT molecular complexity index is 1250. The minimum atomic E-state index is -0.202. The number of aryl methyl sites for hydroxylation is 1. The zero-order valence-electron chi connectivity index (χ0n) is 17.7. The molecule has 0 spiro atoms. The van der Waals surface area contributed by atoms with E-state index in [0.717, 1.165) is 41.1 Å². The van der Waals surface area contributed by atoms with E-state index < -0.39 is 0 Å². The maximum atomic E-state index is 13.1. The van der Waals surface area contributed by atoms with Gasteiger partial charge in [-0.2, -0.15) is 10.2 Å². The number of methoxy groups -OCH3 is 1. The van der Waals surface area contributed by atoms with E-state index in [1.165, 1.54) is 0 Å². The summed E-state index contributed by atoms with van der Waals surface area (Å²) in [5.41, 5.74) is 4.87. The lowest BCUT2D eigenvalue weighted by Crippen LogP contribution is -2.30. The van der Waals surface area contributed by atoms with Crippen LogP contribution < -0.4 is 10.1 Å². The van der Waals surface area contributed by atoms with E-state index in [4.69, 9.17) is 4.74 Å². The monoisotopic (exact) mass is 416 g/mol. The van der Waals surface area contributed by atoms with Crippen molar-refractivity contribution in [2.24, 2.45) is 13.0 Å². The molecule has 5 rings (SSSR count). The molecule has 4 aromatic rings. The Balaban J connectivity index is 1.45. The van der Waals surface area contributed by atoms with Crippen LogP contribution in [-0.4, -0.2) is 37.4 Å². The number of fused-ring (bicyclic) bond motifs is 1. The molecular weight excluding hydrogens is 392 g/mol. The van der Waals surface area contributed by atoms with Crippen molar-refractivity contribution in [2.75, 3.05) is 7.11 Å². The van der Waals surface area contributed by atoms with Crippen LogP contribution in [0.5, 0.6) is 5.75 Å². The normalized spacial score (nSPS) is 14.5. The van der Waals surface area contributed by atoms with Crippen LogP contribution in [0.25, 0.3) is 16.9 Å². The average Bonchev–Trinajstić information content (AvgIpc) is 3.45. The van der Waals surface area contributed by atoms with E-state index in [-0.39, 0.29) is 11.9 Å². The molecule has 8 nitrogen and oxygen atoms in total. The number of ether oxygens (including phenoxy) is 1. The Labute approximate surface area is 179 Å². The first-order valence-corrected chi connectivity index (χ1v) is 10.3. The second-order valence-corrected chi connectivity index (χ2v) is 7.96. The summed E-state index contributed by atoms with van der Waals surface area (Å²) in [6.07, 6.45) is 5.74. The molecule has 1 aliphatic carbocycles. The number of nitrogens with one attached hydrogen (secondary N) is 1. The minimum Gasteiger partial charge on any atom is -0.497 e. The van der Waals surface area contributed by atoms with E-state index in [2.05, 4.69) is 20.5 Å². The van der Waals surface area contributed by atoms with Gasteiger partial charge in [-0.3, -0.25) is 9.48 Å². The molecule has 3 heterocycles. The summed E-state index contributed by atoms with van der Waals surface area (Å²) < 4.78 is 8.77. The highest BCUT2D eigenvalue weighted by molar-refractivity contribution is 5.93. The fourth-order valence-electron chi connectivity index (χ4n) is 3.89. The number of benzene rings is 1. The number of nitrogens with zero attached hydrogens (tertiary/aromatic N) is 5. The molecule has 1 fully saturated rings. The topological polar surface area (TPSA) is 86.3 Å². The summed E-state index contributed by atoms with van der Waals surface area (Å²) in [6.45, 7) is 2.00. The zero-order chi connectivity index (χ0) is 21.5. The zero-order valence-corrected chi connectivity index (χ0v) is 17.7. The van der Waals surface area contributed by atoms with E-state index in [1.807, 2.05) is 49.0 Å². The van der Waals surface area contributed by atoms with Crippen LogP contribution in [0.1, 0.15) is 40.6 Å². The molecule has 1 aromatic carbocycles. The summed E-state index contributed by atoms with van der Waals surface area (Å²) in [5.74, 6) is 1.04.